The van der Waals surface area contributed by atoms with Crippen molar-refractivity contribution in [2.75, 3.05) is 0 Å². The summed E-state index contributed by atoms with van der Waals surface area (Å²) in [4.78, 5) is 0. The van der Waals surface area contributed by atoms with Gasteiger partial charge in [0.25, 0.3) is 0 Å². The van der Waals surface area contributed by atoms with Crippen LogP contribution in [0.2, 0.25) is 0 Å². The fraction of sp³-hybridized carbons (Fsp3) is 0.176. The summed E-state index contributed by atoms with van der Waals surface area (Å²) in [5.41, 5.74) is 11.4. The Labute approximate surface area is 222 Å². The predicted octanol–water partition coefficient (Wildman–Crippen LogP) is 7.59. The van der Waals surface area contributed by atoms with E-state index in [0.29, 0.717) is 5.56 Å². The summed E-state index contributed by atoms with van der Waals surface area (Å²) >= 11 is 0. The first-order chi connectivity index (χ1) is 18.7. The van der Waals surface area contributed by atoms with Gasteiger partial charge >= 0.3 is 0 Å². The Bertz CT molecular complexity index is 1900. The highest BCUT2D eigenvalue weighted by atomic mass is 16.3. The van der Waals surface area contributed by atoms with Crippen LogP contribution >= 0.6 is 0 Å². The first kappa shape index (κ1) is 22.6. The van der Waals surface area contributed by atoms with Crippen LogP contribution in [0.1, 0.15) is 35.2 Å². The average Bonchev–Trinajstić information content (AvgIpc) is 3.52. The predicted molar refractivity (Wildman–Crippen MR) is 151 cm³/mol. The fourth-order valence-corrected chi connectivity index (χ4v) is 6.21. The second-order valence-electron chi connectivity index (χ2n) is 10.3. The van der Waals surface area contributed by atoms with E-state index in [1.165, 1.54) is 24.1 Å². The molecule has 0 saturated carbocycles. The zero-order valence-electron chi connectivity index (χ0n) is 21.7. The molecular formula is C34H28N3O+. The number of fused-ring (bicyclic) bond motifs is 4. The van der Waals surface area contributed by atoms with Gasteiger partial charge in [0.15, 0.2) is 6.20 Å². The van der Waals surface area contributed by atoms with Crippen molar-refractivity contribution in [3.05, 3.63) is 107 Å². The van der Waals surface area contributed by atoms with Crippen LogP contribution in [-0.4, -0.2) is 4.57 Å². The number of benzene rings is 3. The highest BCUT2D eigenvalue weighted by molar-refractivity contribution is 6.13. The van der Waals surface area contributed by atoms with Crippen LogP contribution < -0.4 is 4.57 Å². The summed E-state index contributed by atoms with van der Waals surface area (Å²) in [6.45, 7) is 2.13. The number of nitriles is 1. The Morgan fingerprint density at radius 2 is 1.58 bits per heavy atom. The van der Waals surface area contributed by atoms with E-state index in [0.717, 1.165) is 68.5 Å². The van der Waals surface area contributed by atoms with Crippen molar-refractivity contribution >= 4 is 21.9 Å². The average molecular weight is 495 g/mol. The minimum Gasteiger partial charge on any atom is -0.454 e. The number of hydrogen-bond donors (Lipinski definition) is 0. The maximum Gasteiger partial charge on any atom is 0.216 e. The topological polar surface area (TPSA) is 45.7 Å². The summed E-state index contributed by atoms with van der Waals surface area (Å²) in [5, 5.41) is 12.4. The lowest BCUT2D eigenvalue weighted by molar-refractivity contribution is -0.660. The minimum absolute atomic E-state index is 0.632. The van der Waals surface area contributed by atoms with E-state index in [1.54, 1.807) is 0 Å². The van der Waals surface area contributed by atoms with Crippen molar-refractivity contribution in [1.82, 2.24) is 4.57 Å². The zero-order chi connectivity index (χ0) is 25.8. The molecule has 0 saturated heterocycles. The molecule has 7 rings (SSSR count). The molecule has 0 fully saturated rings. The molecule has 3 aromatic heterocycles. The van der Waals surface area contributed by atoms with E-state index < -0.39 is 0 Å². The number of furan rings is 1. The van der Waals surface area contributed by atoms with E-state index in [9.17, 15) is 5.26 Å². The van der Waals surface area contributed by atoms with E-state index >= 15 is 0 Å². The number of hydrogen-bond acceptors (Lipinski definition) is 2. The number of aryl methyl sites for hydroxylation is 3. The molecule has 0 N–H and O–H groups in total. The van der Waals surface area contributed by atoms with E-state index in [-0.39, 0.29) is 0 Å². The maximum atomic E-state index is 10.3. The van der Waals surface area contributed by atoms with Crippen LogP contribution in [0.3, 0.4) is 0 Å². The number of rotatable bonds is 3. The quantitative estimate of drug-likeness (QED) is 0.238. The minimum atomic E-state index is 0.632. The lowest BCUT2D eigenvalue weighted by Crippen LogP contribution is -2.30. The third kappa shape index (κ3) is 3.32. The van der Waals surface area contributed by atoms with Crippen LogP contribution in [-0.2, 0) is 19.9 Å². The Kier molecular flexibility index (Phi) is 5.19. The van der Waals surface area contributed by atoms with Crippen molar-refractivity contribution in [3.63, 3.8) is 0 Å². The molecule has 1 aliphatic carbocycles. The third-order valence-corrected chi connectivity index (χ3v) is 8.02. The molecule has 6 aromatic rings. The highest BCUT2D eigenvalue weighted by Gasteiger charge is 2.27. The fourth-order valence-electron chi connectivity index (χ4n) is 6.21. The summed E-state index contributed by atoms with van der Waals surface area (Å²) in [5.74, 6) is 0. The Morgan fingerprint density at radius 1 is 0.842 bits per heavy atom. The summed E-state index contributed by atoms with van der Waals surface area (Å²) in [7, 11) is 2.06. The lowest BCUT2D eigenvalue weighted by atomic mass is 9.97. The van der Waals surface area contributed by atoms with Crippen molar-refractivity contribution in [2.24, 2.45) is 7.05 Å². The van der Waals surface area contributed by atoms with Crippen molar-refractivity contribution in [1.29, 1.82) is 5.26 Å². The van der Waals surface area contributed by atoms with Crippen LogP contribution in [0.4, 0.5) is 0 Å². The SMILES string of the molecule is Cc1ccc2c(oc3c(-c4cc5c(n4-c4ccccc4)CCCC5)c(C#N)ccc32)c1-c1cccc[n+]1C. The van der Waals surface area contributed by atoms with E-state index in [2.05, 4.69) is 90.0 Å². The molecule has 38 heavy (non-hydrogen) atoms. The molecule has 0 amide bonds. The number of aromatic nitrogens is 2. The van der Waals surface area contributed by atoms with Gasteiger partial charge in [-0.05, 0) is 80.1 Å². The Morgan fingerprint density at radius 3 is 2.37 bits per heavy atom. The van der Waals surface area contributed by atoms with Gasteiger partial charge in [0.2, 0.25) is 5.69 Å². The second kappa shape index (κ2) is 8.75. The van der Waals surface area contributed by atoms with E-state index in [1.807, 2.05) is 24.3 Å². The molecule has 0 bridgehead atoms. The Balaban J connectivity index is 1.60. The van der Waals surface area contributed by atoms with Gasteiger partial charge in [-0.3, -0.25) is 0 Å². The first-order valence-corrected chi connectivity index (χ1v) is 13.3. The summed E-state index contributed by atoms with van der Waals surface area (Å²) < 4.78 is 11.3. The largest absolute Gasteiger partial charge is 0.454 e. The van der Waals surface area contributed by atoms with Gasteiger partial charge in [0.05, 0.1) is 28.5 Å². The Hall–Kier alpha value is -4.62. The summed E-state index contributed by atoms with van der Waals surface area (Å²) in [6, 6.07) is 29.8. The number of para-hydroxylation sites is 1. The molecule has 1 aliphatic rings. The smallest absolute Gasteiger partial charge is 0.216 e. The van der Waals surface area contributed by atoms with Gasteiger partial charge in [-0.1, -0.05) is 30.3 Å². The van der Waals surface area contributed by atoms with Gasteiger partial charge in [-0.2, -0.15) is 5.26 Å². The number of nitrogens with zero attached hydrogens (tertiary/aromatic N) is 3. The van der Waals surface area contributed by atoms with Crippen LogP contribution in [0.5, 0.6) is 0 Å². The van der Waals surface area contributed by atoms with Crippen molar-refractivity contribution < 1.29 is 8.98 Å². The van der Waals surface area contributed by atoms with Crippen molar-refractivity contribution in [2.45, 2.75) is 32.6 Å². The number of pyridine rings is 1. The first-order valence-electron chi connectivity index (χ1n) is 13.3. The lowest BCUT2D eigenvalue weighted by Gasteiger charge is -2.18. The van der Waals surface area contributed by atoms with Gasteiger partial charge < -0.3 is 8.98 Å². The molecule has 184 valence electrons. The molecule has 4 nitrogen and oxygen atoms in total. The van der Waals surface area contributed by atoms with Gasteiger partial charge in [0, 0.05) is 34.3 Å². The van der Waals surface area contributed by atoms with Crippen LogP contribution in [0.25, 0.3) is 50.1 Å². The third-order valence-electron chi connectivity index (χ3n) is 8.02. The molecule has 0 spiro atoms. The standard InChI is InChI=1S/C34H28N3O/c1-22-15-17-26-27-18-16-24(21-35)32(34(27)38-33(26)31(22)29-14-8-9-19-36(29)2)30-20-23-10-6-7-13-28(23)37(30)25-11-4-3-5-12-25/h3-5,8-9,11-12,14-20H,6-7,10,13H2,1-2H3/q+1. The second-order valence-corrected chi connectivity index (χ2v) is 10.3. The zero-order valence-corrected chi connectivity index (χ0v) is 21.7. The van der Waals surface area contributed by atoms with Crippen molar-refractivity contribution in [3.8, 4) is 34.3 Å². The van der Waals surface area contributed by atoms with E-state index in [4.69, 9.17) is 4.42 Å². The normalized spacial score (nSPS) is 13.1. The molecule has 3 aromatic carbocycles. The van der Waals surface area contributed by atoms with Gasteiger partial charge in [0.1, 0.15) is 18.2 Å². The van der Waals surface area contributed by atoms with Crippen LogP contribution in [0, 0.1) is 18.3 Å². The molecule has 0 unspecified atom stereocenters. The molecule has 3 heterocycles. The molecule has 4 heteroatoms. The van der Waals surface area contributed by atoms with Crippen LogP contribution in [0.15, 0.2) is 89.5 Å². The maximum absolute atomic E-state index is 10.3. The molecule has 0 aliphatic heterocycles. The molecule has 0 radical (unpaired) electrons. The molecule has 0 atom stereocenters. The summed E-state index contributed by atoms with van der Waals surface area (Å²) in [6.07, 6.45) is 6.54. The van der Waals surface area contributed by atoms with Gasteiger partial charge in [-0.25, -0.2) is 4.57 Å². The van der Waals surface area contributed by atoms with Gasteiger partial charge in [-0.15, -0.1) is 0 Å². The molecular weight excluding hydrogens is 466 g/mol. The highest BCUT2D eigenvalue weighted by Crippen LogP contribution is 2.44. The monoisotopic (exact) mass is 494 g/mol.